The predicted molar refractivity (Wildman–Crippen MR) is 114 cm³/mol. The molecule has 0 aliphatic carbocycles. The molecule has 7 heteroatoms. The molecule has 1 atom stereocenters. The van der Waals surface area contributed by atoms with Crippen LogP contribution in [0.4, 0.5) is 5.69 Å². The number of nitrogens with one attached hydrogen (secondary N) is 2. The molecule has 3 amide bonds. The average Bonchev–Trinajstić information content (AvgIpc) is 3.28. The Balaban J connectivity index is 1.56. The summed E-state index contributed by atoms with van der Waals surface area (Å²) in [6, 6.07) is 10.2. The number of carbonyl (C=O) groups excluding carboxylic acids is 3. The van der Waals surface area contributed by atoms with E-state index in [2.05, 4.69) is 24.5 Å². The summed E-state index contributed by atoms with van der Waals surface area (Å²) in [7, 11) is 0. The number of hydrogen-bond acceptors (Lipinski definition) is 4. The lowest BCUT2D eigenvalue weighted by Crippen LogP contribution is -2.45. The summed E-state index contributed by atoms with van der Waals surface area (Å²) >= 11 is 0. The van der Waals surface area contributed by atoms with Crippen LogP contribution in [0.2, 0.25) is 0 Å². The van der Waals surface area contributed by atoms with Crippen LogP contribution in [0.1, 0.15) is 54.5 Å². The van der Waals surface area contributed by atoms with Gasteiger partial charge in [0.15, 0.2) is 5.76 Å². The second kappa shape index (κ2) is 9.61. The van der Waals surface area contributed by atoms with Gasteiger partial charge in [-0.05, 0) is 56.0 Å². The molecule has 2 heterocycles. The summed E-state index contributed by atoms with van der Waals surface area (Å²) in [5, 5.41) is 5.81. The Bertz CT molecular complexity index is 884. The fourth-order valence-corrected chi connectivity index (χ4v) is 3.37. The van der Waals surface area contributed by atoms with E-state index in [1.54, 1.807) is 41.3 Å². The van der Waals surface area contributed by atoms with E-state index in [9.17, 15) is 14.4 Å². The van der Waals surface area contributed by atoms with Crippen LogP contribution in [0.3, 0.4) is 0 Å². The highest BCUT2D eigenvalue weighted by Crippen LogP contribution is 2.21. The van der Waals surface area contributed by atoms with Gasteiger partial charge in [0.25, 0.3) is 11.8 Å². The first kappa shape index (κ1) is 21.6. The summed E-state index contributed by atoms with van der Waals surface area (Å²) in [6.07, 6.45) is 2.73. The lowest BCUT2D eigenvalue weighted by atomic mass is 9.94. The molecule has 0 bridgehead atoms. The van der Waals surface area contributed by atoms with Gasteiger partial charge >= 0.3 is 0 Å². The topological polar surface area (TPSA) is 91.7 Å². The Hall–Kier alpha value is -3.09. The van der Waals surface area contributed by atoms with Crippen LogP contribution in [0, 0.1) is 11.8 Å². The van der Waals surface area contributed by atoms with E-state index in [0.29, 0.717) is 43.1 Å². The Kier molecular flexibility index (Phi) is 6.92. The summed E-state index contributed by atoms with van der Waals surface area (Å²) in [6.45, 7) is 7.25. The lowest BCUT2D eigenvalue weighted by molar-refractivity contribution is -0.127. The van der Waals surface area contributed by atoms with Gasteiger partial charge in [-0.25, -0.2) is 0 Å². The van der Waals surface area contributed by atoms with Crippen LogP contribution in [-0.4, -0.2) is 41.8 Å². The third-order valence-electron chi connectivity index (χ3n) is 5.64. The minimum atomic E-state index is -0.368. The second-order valence-corrected chi connectivity index (χ2v) is 8.12. The summed E-state index contributed by atoms with van der Waals surface area (Å²) in [5.74, 6) is 0.140. The van der Waals surface area contributed by atoms with Crippen LogP contribution < -0.4 is 10.6 Å². The van der Waals surface area contributed by atoms with Crippen LogP contribution in [0.25, 0.3) is 0 Å². The maximum Gasteiger partial charge on any atom is 0.291 e. The van der Waals surface area contributed by atoms with Crippen molar-refractivity contribution in [1.82, 2.24) is 10.2 Å². The van der Waals surface area contributed by atoms with Crippen LogP contribution in [0.15, 0.2) is 47.1 Å². The summed E-state index contributed by atoms with van der Waals surface area (Å²) in [5.41, 5.74) is 1.03. The highest BCUT2D eigenvalue weighted by Gasteiger charge is 2.28. The van der Waals surface area contributed by atoms with E-state index >= 15 is 0 Å². The van der Waals surface area contributed by atoms with Crippen molar-refractivity contribution in [2.45, 2.75) is 39.7 Å². The van der Waals surface area contributed by atoms with Crippen molar-refractivity contribution in [2.75, 3.05) is 18.4 Å². The maximum absolute atomic E-state index is 12.9. The molecule has 2 N–H and O–H groups in total. The molecule has 3 rings (SSSR count). The van der Waals surface area contributed by atoms with Crippen molar-refractivity contribution in [3.05, 3.63) is 54.0 Å². The molecule has 0 spiro atoms. The van der Waals surface area contributed by atoms with Crippen molar-refractivity contribution in [2.24, 2.45) is 11.8 Å². The molecule has 1 fully saturated rings. The van der Waals surface area contributed by atoms with Crippen molar-refractivity contribution in [3.8, 4) is 0 Å². The van der Waals surface area contributed by atoms with Gasteiger partial charge in [0.05, 0.1) is 6.26 Å². The zero-order valence-corrected chi connectivity index (χ0v) is 17.7. The van der Waals surface area contributed by atoms with E-state index in [1.165, 1.54) is 6.26 Å². The van der Waals surface area contributed by atoms with Gasteiger partial charge in [-0.3, -0.25) is 14.4 Å². The van der Waals surface area contributed by atoms with Gasteiger partial charge in [0, 0.05) is 36.3 Å². The fourth-order valence-electron chi connectivity index (χ4n) is 3.37. The molecule has 0 saturated carbocycles. The molecule has 1 saturated heterocycles. The molecular formula is C23H29N3O4. The van der Waals surface area contributed by atoms with Crippen LogP contribution in [0.5, 0.6) is 0 Å². The molecule has 1 aromatic heterocycles. The molecule has 1 aliphatic heterocycles. The highest BCUT2D eigenvalue weighted by molar-refractivity contribution is 6.03. The van der Waals surface area contributed by atoms with Crippen molar-refractivity contribution in [3.63, 3.8) is 0 Å². The number of carbonyl (C=O) groups is 3. The Morgan fingerprint density at radius 3 is 2.43 bits per heavy atom. The van der Waals surface area contributed by atoms with Crippen LogP contribution >= 0.6 is 0 Å². The van der Waals surface area contributed by atoms with E-state index in [0.717, 1.165) is 0 Å². The van der Waals surface area contributed by atoms with Gasteiger partial charge < -0.3 is 20.0 Å². The van der Waals surface area contributed by atoms with E-state index < -0.39 is 0 Å². The van der Waals surface area contributed by atoms with E-state index in [-0.39, 0.29) is 35.4 Å². The quantitative estimate of drug-likeness (QED) is 0.760. The summed E-state index contributed by atoms with van der Waals surface area (Å²) < 4.78 is 5.09. The Labute approximate surface area is 176 Å². The third kappa shape index (κ3) is 5.28. The van der Waals surface area contributed by atoms with Gasteiger partial charge in [0.2, 0.25) is 5.91 Å². The molecule has 30 heavy (non-hydrogen) atoms. The SMILES string of the molecule is CC(C)C(C)NC(=O)C1CCN(C(=O)c2cccc(NC(=O)c3ccco3)c2)CC1. The fraction of sp³-hybridized carbons (Fsp3) is 0.435. The predicted octanol–water partition coefficient (Wildman–Crippen LogP) is 3.54. The number of benzene rings is 1. The minimum absolute atomic E-state index is 0.0610. The molecule has 1 aliphatic rings. The van der Waals surface area contributed by atoms with E-state index in [1.807, 2.05) is 6.92 Å². The number of piperidine rings is 1. The number of anilines is 1. The minimum Gasteiger partial charge on any atom is -0.459 e. The number of furan rings is 1. The van der Waals surface area contributed by atoms with E-state index in [4.69, 9.17) is 4.42 Å². The molecule has 1 aromatic carbocycles. The molecule has 160 valence electrons. The number of hydrogen-bond donors (Lipinski definition) is 2. The number of amides is 3. The Morgan fingerprint density at radius 2 is 1.80 bits per heavy atom. The molecule has 2 aromatic rings. The summed E-state index contributed by atoms with van der Waals surface area (Å²) in [4.78, 5) is 39.3. The van der Waals surface area contributed by atoms with Gasteiger partial charge in [0.1, 0.15) is 0 Å². The molecule has 0 radical (unpaired) electrons. The standard InChI is InChI=1S/C23H29N3O4/c1-15(2)16(3)24-21(27)17-9-11-26(12-10-17)23(29)18-6-4-7-19(14-18)25-22(28)20-8-5-13-30-20/h4-8,13-17H,9-12H2,1-3H3,(H,24,27)(H,25,28). The smallest absolute Gasteiger partial charge is 0.291 e. The monoisotopic (exact) mass is 411 g/mol. The number of likely N-dealkylation sites (tertiary alicyclic amines) is 1. The third-order valence-corrected chi connectivity index (χ3v) is 5.64. The van der Waals surface area contributed by atoms with Gasteiger partial charge in [-0.1, -0.05) is 19.9 Å². The average molecular weight is 412 g/mol. The molecule has 7 nitrogen and oxygen atoms in total. The maximum atomic E-state index is 12.9. The van der Waals surface area contributed by atoms with Crippen molar-refractivity contribution >= 4 is 23.4 Å². The normalized spacial score (nSPS) is 15.7. The second-order valence-electron chi connectivity index (χ2n) is 8.12. The molecular weight excluding hydrogens is 382 g/mol. The molecule has 1 unspecified atom stereocenters. The zero-order chi connectivity index (χ0) is 21.7. The van der Waals surface area contributed by atoms with Gasteiger partial charge in [-0.2, -0.15) is 0 Å². The highest BCUT2D eigenvalue weighted by atomic mass is 16.3. The van der Waals surface area contributed by atoms with Crippen molar-refractivity contribution < 1.29 is 18.8 Å². The largest absolute Gasteiger partial charge is 0.459 e. The Morgan fingerprint density at radius 1 is 1.07 bits per heavy atom. The van der Waals surface area contributed by atoms with Crippen LogP contribution in [-0.2, 0) is 4.79 Å². The number of rotatable bonds is 6. The first-order chi connectivity index (χ1) is 14.3. The van der Waals surface area contributed by atoms with Gasteiger partial charge in [-0.15, -0.1) is 0 Å². The first-order valence-electron chi connectivity index (χ1n) is 10.4. The number of nitrogens with zero attached hydrogens (tertiary/aromatic N) is 1. The zero-order valence-electron chi connectivity index (χ0n) is 17.7. The first-order valence-corrected chi connectivity index (χ1v) is 10.4. The van der Waals surface area contributed by atoms with Crippen molar-refractivity contribution in [1.29, 1.82) is 0 Å². The lowest BCUT2D eigenvalue weighted by Gasteiger charge is -2.32.